The Morgan fingerprint density at radius 2 is 2.05 bits per heavy atom. The van der Waals surface area contributed by atoms with Crippen molar-refractivity contribution in [2.24, 2.45) is 0 Å². The number of benzene rings is 2. The molecule has 2 aromatic carbocycles. The molecule has 0 spiro atoms. The predicted octanol–water partition coefficient (Wildman–Crippen LogP) is 5.55. The van der Waals surface area contributed by atoms with Crippen LogP contribution in [-0.4, -0.2) is 9.55 Å². The Kier molecular flexibility index (Phi) is 3.44. The number of aryl methyl sites for hydroxylation is 1. The number of fused-ring (bicyclic) bond motifs is 1. The van der Waals surface area contributed by atoms with E-state index in [1.54, 1.807) is 6.07 Å². The van der Waals surface area contributed by atoms with Crippen LogP contribution in [0.5, 0.6) is 0 Å². The van der Waals surface area contributed by atoms with Crippen LogP contribution in [0.3, 0.4) is 0 Å². The largest absolute Gasteiger partial charge is 0.330 e. The molecule has 0 saturated carbocycles. The molecular weight excluding hydrogens is 363 g/mol. The van der Waals surface area contributed by atoms with Crippen LogP contribution in [0.4, 0.5) is 4.39 Å². The Morgan fingerprint density at radius 1 is 1.30 bits per heavy atom. The van der Waals surface area contributed by atoms with Crippen molar-refractivity contribution in [1.82, 2.24) is 9.55 Å². The second-order valence-electron chi connectivity index (χ2n) is 4.48. The third-order valence-corrected chi connectivity index (χ3v) is 4.59. The molecule has 6 heteroatoms. The molecule has 3 rings (SSSR count). The van der Waals surface area contributed by atoms with Crippen LogP contribution in [0.2, 0.25) is 5.02 Å². The van der Waals surface area contributed by atoms with E-state index in [1.807, 2.05) is 29.7 Å². The molecule has 1 N–H and O–H groups in total. The van der Waals surface area contributed by atoms with Crippen molar-refractivity contribution in [2.75, 3.05) is 0 Å². The molecule has 0 radical (unpaired) electrons. The fourth-order valence-corrected chi connectivity index (χ4v) is 2.84. The van der Waals surface area contributed by atoms with Crippen molar-refractivity contribution in [2.45, 2.75) is 6.92 Å². The van der Waals surface area contributed by atoms with Crippen molar-refractivity contribution < 1.29 is 4.39 Å². The van der Waals surface area contributed by atoms with E-state index in [0.29, 0.717) is 10.3 Å². The van der Waals surface area contributed by atoms with Gasteiger partial charge < -0.3 is 4.98 Å². The summed E-state index contributed by atoms with van der Waals surface area (Å²) in [5.74, 6) is -0.463. The molecule has 0 saturated heterocycles. The van der Waals surface area contributed by atoms with Gasteiger partial charge in [-0.25, -0.2) is 4.39 Å². The lowest BCUT2D eigenvalue weighted by molar-refractivity contribution is 0.630. The molecule has 1 aromatic heterocycles. The van der Waals surface area contributed by atoms with Crippen LogP contribution < -0.4 is 0 Å². The number of nitrogens with one attached hydrogen (secondary N) is 1. The van der Waals surface area contributed by atoms with E-state index in [-0.39, 0.29) is 5.02 Å². The number of nitrogens with zero attached hydrogens (tertiary/aromatic N) is 1. The molecule has 0 amide bonds. The Hall–Kier alpha value is -1.17. The fraction of sp³-hybridized carbons (Fsp3) is 0.0714. The Bertz CT molecular complexity index is 885. The molecule has 0 aliphatic rings. The lowest BCUT2D eigenvalue weighted by Crippen LogP contribution is -1.95. The molecule has 0 unspecified atom stereocenters. The first-order valence-corrected chi connectivity index (χ1v) is 7.41. The van der Waals surface area contributed by atoms with Gasteiger partial charge in [0, 0.05) is 16.2 Å². The van der Waals surface area contributed by atoms with E-state index in [2.05, 4.69) is 20.9 Å². The van der Waals surface area contributed by atoms with Gasteiger partial charge in [0.25, 0.3) is 0 Å². The van der Waals surface area contributed by atoms with E-state index in [1.165, 1.54) is 6.07 Å². The summed E-state index contributed by atoms with van der Waals surface area (Å²) in [4.78, 5) is 3.00. The number of halogens is 3. The highest BCUT2D eigenvalue weighted by Crippen LogP contribution is 2.27. The summed E-state index contributed by atoms with van der Waals surface area (Å²) < 4.78 is 16.9. The lowest BCUT2D eigenvalue weighted by Gasteiger charge is -2.07. The number of rotatable bonds is 1. The van der Waals surface area contributed by atoms with Gasteiger partial charge in [-0.3, -0.25) is 4.57 Å². The highest BCUT2D eigenvalue weighted by Gasteiger charge is 2.11. The van der Waals surface area contributed by atoms with Gasteiger partial charge in [-0.2, -0.15) is 0 Å². The van der Waals surface area contributed by atoms with Crippen molar-refractivity contribution >= 4 is 50.8 Å². The summed E-state index contributed by atoms with van der Waals surface area (Å²) in [6, 6.07) is 8.84. The quantitative estimate of drug-likeness (QED) is 0.556. The molecule has 0 aliphatic carbocycles. The number of aromatic amines is 1. The van der Waals surface area contributed by atoms with E-state index < -0.39 is 5.82 Å². The van der Waals surface area contributed by atoms with Crippen LogP contribution in [-0.2, 0) is 0 Å². The standard InChI is InChI=1S/C14H9BrClFN2S/c1-7-4-8(2-3-9(7)15)19-13-5-10(16)11(17)6-12(13)18-14(19)20/h2-6H,1H3,(H,18,20). The van der Waals surface area contributed by atoms with Crippen LogP contribution in [0, 0.1) is 17.5 Å². The Balaban J connectivity index is 2.35. The van der Waals surface area contributed by atoms with Crippen molar-refractivity contribution in [1.29, 1.82) is 0 Å². The van der Waals surface area contributed by atoms with Gasteiger partial charge in [0.05, 0.1) is 16.1 Å². The number of aromatic nitrogens is 2. The number of hydrogen-bond donors (Lipinski definition) is 1. The Labute approximate surface area is 133 Å². The third-order valence-electron chi connectivity index (χ3n) is 3.12. The summed E-state index contributed by atoms with van der Waals surface area (Å²) >= 11 is 14.7. The van der Waals surface area contributed by atoms with Crippen molar-refractivity contribution in [3.8, 4) is 5.69 Å². The lowest BCUT2D eigenvalue weighted by atomic mass is 10.2. The normalized spacial score (nSPS) is 11.2. The van der Waals surface area contributed by atoms with Gasteiger partial charge in [0.1, 0.15) is 5.82 Å². The zero-order chi connectivity index (χ0) is 14.4. The van der Waals surface area contributed by atoms with Crippen LogP contribution >= 0.6 is 39.7 Å². The van der Waals surface area contributed by atoms with Crippen LogP contribution in [0.1, 0.15) is 5.56 Å². The molecular formula is C14H9BrClFN2S. The van der Waals surface area contributed by atoms with Gasteiger partial charge in [0.2, 0.25) is 0 Å². The van der Waals surface area contributed by atoms with Crippen molar-refractivity contribution in [3.05, 3.63) is 56.0 Å². The first-order chi connectivity index (χ1) is 9.47. The van der Waals surface area contributed by atoms with Crippen LogP contribution in [0.25, 0.3) is 16.7 Å². The average molecular weight is 372 g/mol. The second-order valence-corrected chi connectivity index (χ2v) is 6.13. The molecule has 0 bridgehead atoms. The number of imidazole rings is 1. The van der Waals surface area contributed by atoms with E-state index in [4.69, 9.17) is 23.8 Å². The zero-order valence-electron chi connectivity index (χ0n) is 10.4. The molecule has 1 heterocycles. The smallest absolute Gasteiger partial charge is 0.182 e. The predicted molar refractivity (Wildman–Crippen MR) is 85.9 cm³/mol. The molecule has 3 aromatic rings. The minimum Gasteiger partial charge on any atom is -0.330 e. The summed E-state index contributed by atoms with van der Waals surface area (Å²) in [6.07, 6.45) is 0. The third kappa shape index (κ3) is 2.20. The summed E-state index contributed by atoms with van der Waals surface area (Å²) in [6.45, 7) is 2.00. The maximum atomic E-state index is 13.5. The van der Waals surface area contributed by atoms with Crippen LogP contribution in [0.15, 0.2) is 34.8 Å². The highest BCUT2D eigenvalue weighted by molar-refractivity contribution is 9.10. The number of H-pyrrole nitrogens is 1. The first-order valence-electron chi connectivity index (χ1n) is 5.83. The van der Waals surface area contributed by atoms with E-state index in [0.717, 1.165) is 21.2 Å². The summed E-state index contributed by atoms with van der Waals surface area (Å²) in [7, 11) is 0. The summed E-state index contributed by atoms with van der Waals surface area (Å²) in [5.41, 5.74) is 3.37. The van der Waals surface area contributed by atoms with Gasteiger partial charge in [-0.1, -0.05) is 27.5 Å². The van der Waals surface area contributed by atoms with Gasteiger partial charge in [-0.05, 0) is 49.0 Å². The highest BCUT2D eigenvalue weighted by atomic mass is 79.9. The first kappa shape index (κ1) is 13.8. The SMILES string of the molecule is Cc1cc(-n2c(=S)[nH]c3cc(F)c(Cl)cc32)ccc1Br. The maximum absolute atomic E-state index is 13.5. The molecule has 102 valence electrons. The molecule has 0 fully saturated rings. The van der Waals surface area contributed by atoms with Gasteiger partial charge in [-0.15, -0.1) is 0 Å². The fourth-order valence-electron chi connectivity index (χ4n) is 2.13. The number of hydrogen-bond acceptors (Lipinski definition) is 1. The van der Waals surface area contributed by atoms with Gasteiger partial charge >= 0.3 is 0 Å². The van der Waals surface area contributed by atoms with E-state index >= 15 is 0 Å². The summed E-state index contributed by atoms with van der Waals surface area (Å²) in [5, 5.41) is 0.0779. The molecule has 0 atom stereocenters. The monoisotopic (exact) mass is 370 g/mol. The maximum Gasteiger partial charge on any atom is 0.182 e. The average Bonchev–Trinajstić information content (AvgIpc) is 2.69. The van der Waals surface area contributed by atoms with Crippen molar-refractivity contribution in [3.63, 3.8) is 0 Å². The van der Waals surface area contributed by atoms with E-state index in [9.17, 15) is 4.39 Å². The molecule has 0 aliphatic heterocycles. The second kappa shape index (κ2) is 4.98. The molecule has 2 nitrogen and oxygen atoms in total. The zero-order valence-corrected chi connectivity index (χ0v) is 13.5. The topological polar surface area (TPSA) is 20.7 Å². The minimum atomic E-state index is -0.463. The molecule has 20 heavy (non-hydrogen) atoms. The Morgan fingerprint density at radius 3 is 2.75 bits per heavy atom. The minimum absolute atomic E-state index is 0.0779. The van der Waals surface area contributed by atoms with Gasteiger partial charge in [0.15, 0.2) is 4.77 Å².